The first-order valence-corrected chi connectivity index (χ1v) is 55.6. The van der Waals surface area contributed by atoms with Crippen molar-refractivity contribution >= 4 is 139 Å². The number of rotatable bonds is 10. The second-order valence-electron chi connectivity index (χ2n) is 36.8. The molecule has 18 aromatic carbocycles. The van der Waals surface area contributed by atoms with E-state index in [1.807, 2.05) is 30.9 Å². The summed E-state index contributed by atoms with van der Waals surface area (Å²) in [7, 11) is -5.64. The van der Waals surface area contributed by atoms with Gasteiger partial charge >= 0.3 is 0 Å². The molecule has 30 rings (SSSR count). The first-order chi connectivity index (χ1) is 70.1. The molecule has 4 nitrogen and oxygen atoms in total. The van der Waals surface area contributed by atoms with Gasteiger partial charge < -0.3 is 0 Å². The van der Waals surface area contributed by atoms with Gasteiger partial charge in [-0.3, -0.25) is 19.9 Å². The van der Waals surface area contributed by atoms with Crippen LogP contribution in [-0.4, -0.2) is 28.0 Å². The molecule has 145 heavy (non-hydrogen) atoms. The third kappa shape index (κ3) is 14.2. The zero-order valence-corrected chi connectivity index (χ0v) is 92.2. The molecular formula is C132H86Ir4N4P4Si-4. The van der Waals surface area contributed by atoms with Crippen molar-refractivity contribution < 1.29 is 80.4 Å². The van der Waals surface area contributed by atoms with Crippen molar-refractivity contribution in [2.24, 2.45) is 0 Å². The first kappa shape index (κ1) is 95.2. The van der Waals surface area contributed by atoms with Crippen LogP contribution >= 0.6 is 30.5 Å². The van der Waals surface area contributed by atoms with Crippen molar-refractivity contribution in [1.29, 1.82) is 0 Å². The standard InChI is InChI=1S/C43H29NP.2C30H19NP.C29H19NPSi.4Ir/c1-5-17-31(18-6-1)42(32-19-7-2-8-20-32)35-25-13-14-29-39(35)45-40-36(42)26-15-27-37(40)43(33-21-9-3-10-22-33,34-23-11-4-12-24-34)38-28-16-30-44-41(38)45;1-3-11-21(12-4-1)30(22-13-5-2-6-14-22)25-17-7-8-19-27(25)32-28-23(15-9-18-26(28)30)24-16-10-20-31-29(24)32;1-3-11-21(12-4-1)30(22-13-5-2-6-14-22)25-17-9-16-24-23-15-7-8-19-27(23)32(28(24)25)29-26(30)18-10-20-31-29;1-3-11-21(12-4-1)32(22-13-5-2-6-14-22)26-18-8-7-17-25(26)31-28-23(15-9-19-27(28)32)24-16-10-20-30-29(24)31;;;;/h1-28,30H;2*1-18,20H;1-16,18-20H;;;;/q4*-1;;;;. The molecule has 12 heterocycles. The summed E-state index contributed by atoms with van der Waals surface area (Å²) in [5.41, 5.74) is 21.3. The summed E-state index contributed by atoms with van der Waals surface area (Å²) in [5, 5.41) is 27.2. The Balaban J connectivity index is 0.000000107. The van der Waals surface area contributed by atoms with Crippen molar-refractivity contribution in [3.05, 3.63) is 636 Å². The van der Waals surface area contributed by atoms with Gasteiger partial charge in [-0.05, 0) is 131 Å². The molecule has 0 amide bonds. The van der Waals surface area contributed by atoms with E-state index in [1.165, 1.54) is 205 Å². The Hall–Kier alpha value is -13.3. The number of aromatic nitrogens is 4. The molecule has 5 aliphatic heterocycles. The Morgan fingerprint density at radius 2 is 0.490 bits per heavy atom. The molecule has 7 aromatic heterocycles. The third-order valence-corrected chi connectivity index (χ3v) is 45.6. The molecule has 0 saturated heterocycles. The molecule has 0 bridgehead atoms. The summed E-state index contributed by atoms with van der Waals surface area (Å²) in [5.74, 6) is 0. The largest absolute Gasteiger partial charge is 0.256 e. The molecule has 0 N–H and O–H groups in total. The number of hydrogen-bond donors (Lipinski definition) is 0. The average Bonchev–Trinajstić information content (AvgIpc) is 1.46. The number of nitrogens with zero attached hydrogens (tertiary/aromatic N) is 4. The number of benzene rings is 18. The second-order valence-corrected chi connectivity index (χ2v) is 48.5. The monoisotopic (exact) mass is 2650 g/mol. The van der Waals surface area contributed by atoms with Crippen LogP contribution in [0, 0.1) is 24.3 Å². The Kier molecular flexibility index (Phi) is 25.8. The number of hydrogen-bond acceptors (Lipinski definition) is 4. The van der Waals surface area contributed by atoms with E-state index in [4.69, 9.17) is 19.9 Å². The van der Waals surface area contributed by atoms with Crippen LogP contribution in [0.3, 0.4) is 0 Å². The SMILES string of the molecule is [Ir].[Ir].[Ir].[Ir].[c-]1cccc2c1-p1c3ncccc3c3cccc(c31)C2(c1ccccc1)c1ccccc1.[c-]1cccc2c1-p1c3ncccc3c3cccc(c31)[Si]2(c1ccccc1)c1ccccc1.[c-]1cccc2c1P1c3ncccc3C(c3ccccc3)(c3ccccc3)c3cccc(c31)C2(c1ccccc1)c1ccccc1.[c-]1cccc2c3cccc4c3p(c12)-c1ncccc1C4(c1ccccc1)c1ccccc1. The smallest absolute Gasteiger partial charge is 0.124 e. The Morgan fingerprint density at radius 3 is 0.959 bits per heavy atom. The van der Waals surface area contributed by atoms with E-state index in [1.54, 1.807) is 0 Å². The van der Waals surface area contributed by atoms with Crippen LogP contribution in [-0.2, 0) is 102 Å². The average molecular weight is 2650 g/mol. The van der Waals surface area contributed by atoms with Gasteiger partial charge in [0, 0.05) is 143 Å². The van der Waals surface area contributed by atoms with E-state index in [0.29, 0.717) is 0 Å². The maximum absolute atomic E-state index is 5.29. The normalized spacial score (nSPS) is 14.7. The molecule has 0 spiro atoms. The first-order valence-electron chi connectivity index (χ1n) is 48.2. The third-order valence-electron chi connectivity index (χ3n) is 30.2. The van der Waals surface area contributed by atoms with E-state index < -0.39 is 54.8 Å². The second kappa shape index (κ2) is 39.2. The summed E-state index contributed by atoms with van der Waals surface area (Å²) in [6.45, 7) is 0. The molecule has 4 atom stereocenters. The summed E-state index contributed by atoms with van der Waals surface area (Å²) < 4.78 is 0. The van der Waals surface area contributed by atoms with Crippen LogP contribution < -0.4 is 36.8 Å². The molecule has 5 aliphatic rings. The number of fused-ring (bicyclic) bond motifs is 19. The molecular weight excluding hydrogens is 2560 g/mol. The summed E-state index contributed by atoms with van der Waals surface area (Å²) in [6, 6.07) is 196. The fourth-order valence-corrected chi connectivity index (χ4v) is 42.8. The van der Waals surface area contributed by atoms with Gasteiger partial charge in [0.15, 0.2) is 0 Å². The topological polar surface area (TPSA) is 51.6 Å². The zero-order valence-electron chi connectivity index (χ0n) is 78.1. The quantitative estimate of drug-likeness (QED) is 0.0778. The van der Waals surface area contributed by atoms with Gasteiger partial charge in [-0.2, -0.15) is 97.1 Å². The molecule has 0 aliphatic carbocycles. The Bertz CT molecular complexity index is 8210. The van der Waals surface area contributed by atoms with Crippen molar-refractivity contribution in [2.75, 3.05) is 0 Å². The molecule has 0 saturated carbocycles. The maximum atomic E-state index is 5.29. The van der Waals surface area contributed by atoms with Gasteiger partial charge in [-0.15, -0.1) is 42.7 Å². The Labute approximate surface area is 903 Å². The molecule has 4 radical (unpaired) electrons. The maximum Gasteiger partial charge on any atom is 0.124 e. The zero-order chi connectivity index (χ0) is 93.2. The molecule has 4 unspecified atom stereocenters. The minimum atomic E-state index is -2.49. The van der Waals surface area contributed by atoms with Crippen LogP contribution in [0.25, 0.3) is 79.3 Å². The molecule has 698 valence electrons. The summed E-state index contributed by atoms with van der Waals surface area (Å²) in [6.07, 6.45) is 7.82. The van der Waals surface area contributed by atoms with Crippen LogP contribution in [0.2, 0.25) is 0 Å². The van der Waals surface area contributed by atoms with Crippen LogP contribution in [0.4, 0.5) is 0 Å². The summed E-state index contributed by atoms with van der Waals surface area (Å²) in [4.78, 5) is 20.2. The predicted octanol–water partition coefficient (Wildman–Crippen LogP) is 28.6. The van der Waals surface area contributed by atoms with Gasteiger partial charge in [0.1, 0.15) is 8.07 Å². The van der Waals surface area contributed by atoms with E-state index >= 15 is 0 Å². The minimum Gasteiger partial charge on any atom is -0.256 e. The fourth-order valence-electron chi connectivity index (χ4n) is 25.0. The van der Waals surface area contributed by atoms with Crippen molar-refractivity contribution in [1.82, 2.24) is 19.9 Å². The summed E-state index contributed by atoms with van der Waals surface area (Å²) >= 11 is 0. The molecule has 25 aromatic rings. The predicted molar refractivity (Wildman–Crippen MR) is 593 cm³/mol. The number of pyridine rings is 4. The van der Waals surface area contributed by atoms with Gasteiger partial charge in [-0.25, -0.2) is 0 Å². The van der Waals surface area contributed by atoms with E-state index in [0.717, 1.165) is 0 Å². The minimum absolute atomic E-state index is 0. The van der Waals surface area contributed by atoms with Crippen LogP contribution in [0.5, 0.6) is 0 Å². The fraction of sp³-hybridized carbons (Fsp3) is 0.0303. The van der Waals surface area contributed by atoms with Gasteiger partial charge in [0.05, 0.1) is 32.2 Å². The van der Waals surface area contributed by atoms with Crippen LogP contribution in [0.15, 0.2) is 522 Å². The molecule has 0 fully saturated rings. The van der Waals surface area contributed by atoms with E-state index in [-0.39, 0.29) is 85.8 Å². The van der Waals surface area contributed by atoms with E-state index in [2.05, 4.69) is 516 Å². The van der Waals surface area contributed by atoms with Gasteiger partial charge in [0.2, 0.25) is 0 Å². The van der Waals surface area contributed by atoms with Crippen molar-refractivity contribution in [2.45, 2.75) is 21.7 Å². The van der Waals surface area contributed by atoms with E-state index in [9.17, 15) is 0 Å². The van der Waals surface area contributed by atoms with Gasteiger partial charge in [0.25, 0.3) is 0 Å². The van der Waals surface area contributed by atoms with Crippen LogP contribution in [0.1, 0.15) is 89.0 Å². The van der Waals surface area contributed by atoms with Gasteiger partial charge in [-0.1, -0.05) is 439 Å². The van der Waals surface area contributed by atoms with Crippen molar-refractivity contribution in [3.8, 4) is 16.0 Å². The molecule has 13 heteroatoms. The van der Waals surface area contributed by atoms with Crippen molar-refractivity contribution in [3.63, 3.8) is 0 Å². The Morgan fingerprint density at radius 1 is 0.200 bits per heavy atom.